The Morgan fingerprint density at radius 1 is 0.667 bits per heavy atom. The van der Waals surface area contributed by atoms with Gasteiger partial charge < -0.3 is 0 Å². The molecule has 5 heteroatoms. The molecule has 160 valence electrons. The van der Waals surface area contributed by atoms with Crippen LogP contribution in [0.15, 0.2) is 97.1 Å². The van der Waals surface area contributed by atoms with Crippen LogP contribution in [-0.4, -0.2) is 27.1 Å². The Morgan fingerprint density at radius 3 is 1.52 bits per heavy atom. The summed E-state index contributed by atoms with van der Waals surface area (Å²) in [5.74, 6) is 1.13. The van der Waals surface area contributed by atoms with E-state index in [0.717, 1.165) is 16.9 Å². The number of nitriles is 1. The molecule has 0 unspecified atom stereocenters. The standard InChI is InChI=1S/C28H20FNO2.In.H/c29-26-11-15-28(16-12-26)32-20-25-7-3-22(4-8-25)17-21-1-5-24(6-2-21)19-31-27-13-9-23(18-30)10-14-27;;/h1-16H,19-20H2;;. The SMILES string of the molecule is N#Cc1ccc(OCc2ccc([C](=[InH])c3ccc(COc4ccc(F)cc4)cc3)cc2)cc1. The van der Waals surface area contributed by atoms with Gasteiger partial charge in [-0.05, 0) is 0 Å². The summed E-state index contributed by atoms with van der Waals surface area (Å²) in [5, 5.41) is 8.87. The number of rotatable bonds is 8. The third-order valence-electron chi connectivity index (χ3n) is 5.21. The first kappa shape index (κ1) is 22.8. The summed E-state index contributed by atoms with van der Waals surface area (Å²) in [6.07, 6.45) is 0. The molecule has 0 fully saturated rings. The fourth-order valence-electron chi connectivity index (χ4n) is 3.26. The molecule has 0 aliphatic carbocycles. The van der Waals surface area contributed by atoms with E-state index in [1.165, 1.54) is 26.5 Å². The molecular weight excluding hydrogens is 516 g/mol. The molecule has 0 N–H and O–H groups in total. The Balaban J connectivity index is 1.32. The quantitative estimate of drug-likeness (QED) is 0.306. The summed E-state index contributed by atoms with van der Waals surface area (Å²) in [7, 11) is 0. The normalized spacial score (nSPS) is 10.3. The zero-order chi connectivity index (χ0) is 23.0. The molecule has 0 bridgehead atoms. The van der Waals surface area contributed by atoms with Gasteiger partial charge in [-0.25, -0.2) is 0 Å². The van der Waals surface area contributed by atoms with Crippen LogP contribution in [0.2, 0.25) is 0 Å². The molecule has 0 spiro atoms. The van der Waals surface area contributed by atoms with Gasteiger partial charge >= 0.3 is 202 Å². The van der Waals surface area contributed by atoms with E-state index in [-0.39, 0.29) is 5.82 Å². The molecule has 0 atom stereocenters. The van der Waals surface area contributed by atoms with Gasteiger partial charge in [0.1, 0.15) is 0 Å². The summed E-state index contributed by atoms with van der Waals surface area (Å²) >= 11 is 0.649. The summed E-state index contributed by atoms with van der Waals surface area (Å²) in [6, 6.07) is 32.1. The fourth-order valence-corrected chi connectivity index (χ4v) is 4.61. The summed E-state index contributed by atoms with van der Waals surface area (Å²) in [6.45, 7) is 0.923. The Morgan fingerprint density at radius 2 is 1.09 bits per heavy atom. The first-order valence-electron chi connectivity index (χ1n) is 10.5. The second-order valence-electron chi connectivity index (χ2n) is 7.54. The summed E-state index contributed by atoms with van der Waals surface area (Å²) in [4.78, 5) is 0. The number of halogens is 1. The molecule has 0 amide bonds. The zero-order valence-electron chi connectivity index (χ0n) is 18.0. The molecule has 0 aliphatic heterocycles. The molecule has 4 aromatic carbocycles. The van der Waals surface area contributed by atoms with Crippen LogP contribution in [0.5, 0.6) is 11.5 Å². The van der Waals surface area contributed by atoms with E-state index in [4.69, 9.17) is 14.7 Å². The van der Waals surface area contributed by atoms with Crippen LogP contribution in [0.25, 0.3) is 0 Å². The van der Waals surface area contributed by atoms with Crippen molar-refractivity contribution in [3.8, 4) is 17.6 Å². The average Bonchev–Trinajstić information content (AvgIpc) is 2.87. The monoisotopic (exact) mass is 537 g/mol. The molecule has 4 aromatic rings. The van der Waals surface area contributed by atoms with Gasteiger partial charge in [-0.2, -0.15) is 5.26 Å². The van der Waals surface area contributed by atoms with Gasteiger partial charge in [0.15, 0.2) is 0 Å². The van der Waals surface area contributed by atoms with Gasteiger partial charge in [0, 0.05) is 0 Å². The van der Waals surface area contributed by atoms with Crippen molar-refractivity contribution >= 4 is 27.1 Å². The van der Waals surface area contributed by atoms with Gasteiger partial charge in [0.25, 0.3) is 0 Å². The van der Waals surface area contributed by atoms with Gasteiger partial charge in [-0.1, -0.05) is 0 Å². The maximum absolute atomic E-state index is 13.0. The topological polar surface area (TPSA) is 42.2 Å². The molecule has 0 radical (unpaired) electrons. The van der Waals surface area contributed by atoms with E-state index in [1.807, 2.05) is 12.1 Å². The number of nitrogens with zero attached hydrogens (tertiary/aromatic N) is 1. The second kappa shape index (κ2) is 11.0. The molecule has 33 heavy (non-hydrogen) atoms. The van der Waals surface area contributed by atoms with Crippen LogP contribution in [0.1, 0.15) is 27.8 Å². The Hall–Kier alpha value is -3.36. The minimum atomic E-state index is -0.269. The van der Waals surface area contributed by atoms with Crippen molar-refractivity contribution in [2.45, 2.75) is 13.2 Å². The third kappa shape index (κ3) is 6.34. The first-order chi connectivity index (χ1) is 16.1. The molecule has 0 aliphatic rings. The van der Waals surface area contributed by atoms with Gasteiger partial charge in [-0.3, -0.25) is 0 Å². The number of benzene rings is 4. The Bertz CT molecular complexity index is 1260. The average molecular weight is 537 g/mol. The van der Waals surface area contributed by atoms with Crippen LogP contribution in [0.3, 0.4) is 0 Å². The molecule has 0 aromatic heterocycles. The van der Waals surface area contributed by atoms with Crippen molar-refractivity contribution < 1.29 is 13.9 Å². The van der Waals surface area contributed by atoms with Crippen molar-refractivity contribution in [1.29, 1.82) is 5.26 Å². The zero-order valence-corrected chi connectivity index (χ0v) is 22.0. The Kier molecular flexibility index (Phi) is 7.59. The minimum absolute atomic E-state index is 0.269. The third-order valence-corrected chi connectivity index (χ3v) is 7.54. The van der Waals surface area contributed by atoms with Crippen LogP contribution < -0.4 is 9.47 Å². The molecule has 4 rings (SSSR count). The first-order valence-corrected chi connectivity index (χ1v) is 12.5. The van der Waals surface area contributed by atoms with E-state index >= 15 is 0 Å². The van der Waals surface area contributed by atoms with E-state index < -0.39 is 0 Å². The van der Waals surface area contributed by atoms with Crippen LogP contribution in [0, 0.1) is 17.1 Å². The van der Waals surface area contributed by atoms with Crippen LogP contribution in [-0.2, 0) is 13.2 Å². The van der Waals surface area contributed by atoms with Crippen molar-refractivity contribution in [2.75, 3.05) is 0 Å². The molecule has 0 saturated carbocycles. The van der Waals surface area contributed by atoms with Crippen molar-refractivity contribution in [1.82, 2.24) is 0 Å². The van der Waals surface area contributed by atoms with Crippen molar-refractivity contribution in [3.05, 3.63) is 131 Å². The Labute approximate surface area is 207 Å². The predicted molar refractivity (Wildman–Crippen MR) is 129 cm³/mol. The van der Waals surface area contributed by atoms with Crippen LogP contribution in [0.4, 0.5) is 4.39 Å². The fraction of sp³-hybridized carbons (Fsp3) is 0.0714. The van der Waals surface area contributed by atoms with E-state index in [9.17, 15) is 4.39 Å². The molecule has 0 saturated heterocycles. The molecule has 3 nitrogen and oxygen atoms in total. The second-order valence-corrected chi connectivity index (χ2v) is 9.56. The van der Waals surface area contributed by atoms with E-state index in [0.29, 0.717) is 48.4 Å². The van der Waals surface area contributed by atoms with Crippen LogP contribution >= 0.6 is 0 Å². The van der Waals surface area contributed by atoms with Gasteiger partial charge in [-0.15, -0.1) is 0 Å². The van der Waals surface area contributed by atoms with E-state index in [1.54, 1.807) is 24.3 Å². The number of ether oxygens (including phenoxy) is 2. The van der Waals surface area contributed by atoms with Crippen molar-refractivity contribution in [2.24, 2.45) is 0 Å². The van der Waals surface area contributed by atoms with Gasteiger partial charge in [0.2, 0.25) is 0 Å². The summed E-state index contributed by atoms with van der Waals surface area (Å²) in [5.41, 5.74) is 5.22. The van der Waals surface area contributed by atoms with Gasteiger partial charge in [0.05, 0.1) is 0 Å². The molecule has 0 heterocycles. The summed E-state index contributed by atoms with van der Waals surface area (Å²) < 4.78 is 25.9. The maximum atomic E-state index is 13.0. The van der Waals surface area contributed by atoms with Crippen molar-refractivity contribution in [3.63, 3.8) is 0 Å². The predicted octanol–water partition coefficient (Wildman–Crippen LogP) is 5.32. The number of hydrogen-bond donors (Lipinski definition) is 0. The number of hydrogen-bond acceptors (Lipinski definition) is 3. The molecular formula is C28H21FInNO2. The van der Waals surface area contributed by atoms with E-state index in [2.05, 4.69) is 54.6 Å².